The second-order valence-corrected chi connectivity index (χ2v) is 7.76. The molecule has 0 bridgehead atoms. The Morgan fingerprint density at radius 3 is 2.48 bits per heavy atom. The summed E-state index contributed by atoms with van der Waals surface area (Å²) in [5, 5.41) is 0. The van der Waals surface area contributed by atoms with E-state index in [1.54, 1.807) is 0 Å². The third kappa shape index (κ3) is 3.63. The van der Waals surface area contributed by atoms with Crippen molar-refractivity contribution in [2.75, 3.05) is 11.4 Å². The van der Waals surface area contributed by atoms with Gasteiger partial charge in [-0.3, -0.25) is 4.99 Å². The van der Waals surface area contributed by atoms with Crippen molar-refractivity contribution in [1.82, 2.24) is 0 Å². The van der Waals surface area contributed by atoms with Gasteiger partial charge in [0.15, 0.2) is 0 Å². The third-order valence-corrected chi connectivity index (χ3v) is 5.43. The van der Waals surface area contributed by atoms with Crippen LogP contribution >= 0.6 is 0 Å². The number of nitrogens with zero attached hydrogens (tertiary/aromatic N) is 2. The number of aryl methyl sites for hydroxylation is 1. The Morgan fingerprint density at radius 2 is 1.84 bits per heavy atom. The Morgan fingerprint density at radius 1 is 1.12 bits per heavy atom. The van der Waals surface area contributed by atoms with Gasteiger partial charge in [-0.25, -0.2) is 0 Å². The maximum Gasteiger partial charge on any atom is 0.0630 e. The average molecular weight is 335 g/mol. The van der Waals surface area contributed by atoms with Crippen LogP contribution in [0.15, 0.2) is 47.5 Å². The van der Waals surface area contributed by atoms with Gasteiger partial charge in [-0.05, 0) is 80.5 Å². The van der Waals surface area contributed by atoms with Crippen LogP contribution < -0.4 is 4.90 Å². The van der Waals surface area contributed by atoms with E-state index in [0.29, 0.717) is 5.92 Å². The van der Waals surface area contributed by atoms with Crippen molar-refractivity contribution in [3.05, 3.63) is 59.2 Å². The van der Waals surface area contributed by atoms with Gasteiger partial charge < -0.3 is 4.90 Å². The lowest BCUT2D eigenvalue weighted by atomic mass is 9.79. The van der Waals surface area contributed by atoms with Crippen molar-refractivity contribution in [2.24, 2.45) is 4.99 Å². The fourth-order valence-electron chi connectivity index (χ4n) is 4.15. The molecule has 2 aromatic rings. The molecule has 0 aliphatic carbocycles. The van der Waals surface area contributed by atoms with E-state index in [1.807, 2.05) is 6.21 Å². The zero-order chi connectivity index (χ0) is 18.0. The molecule has 0 amide bonds. The Bertz CT molecular complexity index is 756. The molecule has 0 N–H and O–H groups in total. The van der Waals surface area contributed by atoms with Gasteiger partial charge in [0.05, 0.1) is 5.69 Å². The molecule has 1 heterocycles. The van der Waals surface area contributed by atoms with Gasteiger partial charge >= 0.3 is 0 Å². The number of benzene rings is 2. The summed E-state index contributed by atoms with van der Waals surface area (Å²) in [5.74, 6) is 0.574. The van der Waals surface area contributed by atoms with Gasteiger partial charge in [-0.2, -0.15) is 0 Å². The molecule has 0 radical (unpaired) electrons. The fourth-order valence-corrected chi connectivity index (χ4v) is 4.15. The highest BCUT2D eigenvalue weighted by Gasteiger charge is 2.35. The molecule has 3 rings (SSSR count). The van der Waals surface area contributed by atoms with Crippen LogP contribution in [0.5, 0.6) is 0 Å². The molecule has 2 aromatic carbocycles. The lowest BCUT2D eigenvalue weighted by Gasteiger charge is -2.47. The zero-order valence-electron chi connectivity index (χ0n) is 16.2. The number of rotatable bonds is 4. The summed E-state index contributed by atoms with van der Waals surface area (Å²) in [6, 6.07) is 15.3. The standard InChI is InChI=1S/C23H30N2/c1-6-18-8-11-20(12-9-18)24-16-19-10-13-22-21(14-19)17(3)15-23(4,5)25(22)7-2/h8-14,16-17H,6-7,15H2,1-5H3/t17-/m0/s1. The largest absolute Gasteiger partial charge is 0.366 e. The van der Waals surface area contributed by atoms with E-state index in [9.17, 15) is 0 Å². The van der Waals surface area contributed by atoms with E-state index < -0.39 is 0 Å². The molecule has 0 unspecified atom stereocenters. The highest BCUT2D eigenvalue weighted by Crippen LogP contribution is 2.43. The summed E-state index contributed by atoms with van der Waals surface area (Å²) in [5.41, 5.74) is 6.60. The molecular weight excluding hydrogens is 304 g/mol. The molecule has 25 heavy (non-hydrogen) atoms. The predicted octanol–water partition coefficient (Wildman–Crippen LogP) is 6.11. The third-order valence-electron chi connectivity index (χ3n) is 5.43. The minimum atomic E-state index is 0.220. The molecule has 0 fully saturated rings. The summed E-state index contributed by atoms with van der Waals surface area (Å²) in [7, 11) is 0. The van der Waals surface area contributed by atoms with Crippen molar-refractivity contribution in [1.29, 1.82) is 0 Å². The smallest absolute Gasteiger partial charge is 0.0630 e. The van der Waals surface area contributed by atoms with Gasteiger partial charge in [-0.1, -0.05) is 32.0 Å². The molecule has 1 atom stereocenters. The van der Waals surface area contributed by atoms with E-state index in [4.69, 9.17) is 0 Å². The van der Waals surface area contributed by atoms with Gasteiger partial charge in [0.1, 0.15) is 0 Å². The van der Waals surface area contributed by atoms with Crippen LogP contribution in [0, 0.1) is 0 Å². The summed E-state index contributed by atoms with van der Waals surface area (Å²) in [6.07, 6.45) is 4.24. The molecule has 0 saturated heterocycles. The van der Waals surface area contributed by atoms with E-state index >= 15 is 0 Å². The first-order chi connectivity index (χ1) is 11.9. The number of anilines is 1. The summed E-state index contributed by atoms with van der Waals surface area (Å²) >= 11 is 0. The topological polar surface area (TPSA) is 15.6 Å². The summed E-state index contributed by atoms with van der Waals surface area (Å²) in [4.78, 5) is 7.19. The van der Waals surface area contributed by atoms with Crippen LogP contribution in [0.1, 0.15) is 63.6 Å². The first-order valence-electron chi connectivity index (χ1n) is 9.49. The Kier molecular flexibility index (Phi) is 4.99. The number of fused-ring (bicyclic) bond motifs is 1. The first-order valence-corrected chi connectivity index (χ1v) is 9.49. The quantitative estimate of drug-likeness (QED) is 0.616. The first kappa shape index (κ1) is 17.7. The molecule has 0 aromatic heterocycles. The van der Waals surface area contributed by atoms with Crippen molar-refractivity contribution in [3.8, 4) is 0 Å². The average Bonchev–Trinajstić information content (AvgIpc) is 2.60. The van der Waals surface area contributed by atoms with E-state index in [0.717, 1.165) is 18.7 Å². The Labute approximate surface area is 152 Å². The van der Waals surface area contributed by atoms with Crippen LogP contribution in [0.4, 0.5) is 11.4 Å². The minimum absolute atomic E-state index is 0.220. The molecule has 2 nitrogen and oxygen atoms in total. The zero-order valence-corrected chi connectivity index (χ0v) is 16.2. The highest BCUT2D eigenvalue weighted by atomic mass is 15.2. The molecule has 1 aliphatic rings. The van der Waals surface area contributed by atoms with Crippen LogP contribution in [-0.2, 0) is 6.42 Å². The Hall–Kier alpha value is -2.09. The van der Waals surface area contributed by atoms with Gasteiger partial charge in [0.25, 0.3) is 0 Å². The molecule has 0 saturated carbocycles. The number of hydrogen-bond donors (Lipinski definition) is 0. The van der Waals surface area contributed by atoms with Crippen molar-refractivity contribution in [2.45, 2.75) is 58.9 Å². The SMILES string of the molecule is CCc1ccc(N=Cc2ccc3c(c2)[C@@H](C)CC(C)(C)N3CC)cc1. The Balaban J connectivity index is 1.87. The van der Waals surface area contributed by atoms with Crippen LogP contribution in [0.25, 0.3) is 0 Å². The van der Waals surface area contributed by atoms with Crippen LogP contribution in [-0.4, -0.2) is 18.3 Å². The predicted molar refractivity (Wildman–Crippen MR) is 110 cm³/mol. The minimum Gasteiger partial charge on any atom is -0.366 e. The second kappa shape index (κ2) is 7.03. The summed E-state index contributed by atoms with van der Waals surface area (Å²) in [6.45, 7) is 12.5. The lowest BCUT2D eigenvalue weighted by Crippen LogP contribution is -2.48. The normalized spacial score (nSPS) is 19.2. The van der Waals surface area contributed by atoms with Gasteiger partial charge in [0, 0.05) is 24.0 Å². The highest BCUT2D eigenvalue weighted by molar-refractivity contribution is 5.83. The van der Waals surface area contributed by atoms with Gasteiger partial charge in [0.2, 0.25) is 0 Å². The molecule has 132 valence electrons. The van der Waals surface area contributed by atoms with E-state index in [-0.39, 0.29) is 5.54 Å². The number of aliphatic imine (C=N–C) groups is 1. The summed E-state index contributed by atoms with van der Waals surface area (Å²) < 4.78 is 0. The molecule has 0 spiro atoms. The molecule has 2 heteroatoms. The van der Waals surface area contributed by atoms with Crippen LogP contribution in [0.3, 0.4) is 0 Å². The fraction of sp³-hybridized carbons (Fsp3) is 0.435. The molecular formula is C23H30N2. The van der Waals surface area contributed by atoms with Gasteiger partial charge in [-0.15, -0.1) is 0 Å². The van der Waals surface area contributed by atoms with E-state index in [1.165, 1.54) is 28.8 Å². The molecule has 1 aliphatic heterocycles. The maximum atomic E-state index is 4.66. The van der Waals surface area contributed by atoms with Crippen molar-refractivity contribution >= 4 is 17.6 Å². The maximum absolute atomic E-state index is 4.66. The second-order valence-electron chi connectivity index (χ2n) is 7.76. The van der Waals surface area contributed by atoms with E-state index in [2.05, 4.69) is 87.0 Å². The van der Waals surface area contributed by atoms with Crippen molar-refractivity contribution < 1.29 is 0 Å². The number of hydrogen-bond acceptors (Lipinski definition) is 2. The lowest BCUT2D eigenvalue weighted by molar-refractivity contribution is 0.381. The monoisotopic (exact) mass is 334 g/mol. The van der Waals surface area contributed by atoms with Crippen LogP contribution in [0.2, 0.25) is 0 Å². The van der Waals surface area contributed by atoms with Crippen molar-refractivity contribution in [3.63, 3.8) is 0 Å².